The topological polar surface area (TPSA) is 142 Å². The van der Waals surface area contributed by atoms with Gasteiger partial charge in [0.1, 0.15) is 18.3 Å². The molecular formula is C27H31FN6O4. The maximum Gasteiger partial charge on any atom is 0.305 e. The molecule has 0 saturated heterocycles. The molecular weight excluding hydrogens is 491 g/mol. The number of aliphatic hydroxyl groups is 1. The molecule has 3 aromatic heterocycles. The summed E-state index contributed by atoms with van der Waals surface area (Å²) < 4.78 is 21.4. The van der Waals surface area contributed by atoms with E-state index in [1.54, 1.807) is 23.6 Å². The van der Waals surface area contributed by atoms with Crippen LogP contribution in [0.5, 0.6) is 0 Å². The Kier molecular flexibility index (Phi) is 7.37. The second kappa shape index (κ2) is 10.4. The SMILES string of the molecule is CCC(=O)OC1CC(C)(Nc2cc(-c3ccc4cc(C#N)cnn34)ncc2C(=O)NC[C@@H](F)C(C)(C)O)C1. The molecule has 0 aromatic carbocycles. The monoisotopic (exact) mass is 522 g/mol. The van der Waals surface area contributed by atoms with Crippen molar-refractivity contribution in [3.05, 3.63) is 47.8 Å². The van der Waals surface area contributed by atoms with Gasteiger partial charge in [0.2, 0.25) is 0 Å². The number of esters is 1. The zero-order chi connectivity index (χ0) is 27.7. The molecule has 11 heteroatoms. The molecule has 0 aliphatic heterocycles. The van der Waals surface area contributed by atoms with Crippen molar-refractivity contribution in [2.75, 3.05) is 11.9 Å². The van der Waals surface area contributed by atoms with Gasteiger partial charge in [-0.15, -0.1) is 0 Å². The van der Waals surface area contributed by atoms with Gasteiger partial charge in [-0.1, -0.05) is 6.92 Å². The van der Waals surface area contributed by atoms with E-state index < -0.39 is 23.2 Å². The Labute approximate surface area is 219 Å². The highest BCUT2D eigenvalue weighted by atomic mass is 19.1. The van der Waals surface area contributed by atoms with Crippen molar-refractivity contribution in [3.63, 3.8) is 0 Å². The molecule has 0 spiro atoms. The Hall–Kier alpha value is -4.04. The van der Waals surface area contributed by atoms with Crippen molar-refractivity contribution >= 4 is 23.1 Å². The number of anilines is 1. The van der Waals surface area contributed by atoms with E-state index in [2.05, 4.69) is 26.8 Å². The lowest BCUT2D eigenvalue weighted by molar-refractivity contribution is -0.155. The molecule has 0 unspecified atom stereocenters. The van der Waals surface area contributed by atoms with Crippen LogP contribution in [0.2, 0.25) is 0 Å². The molecule has 1 aliphatic rings. The predicted molar refractivity (Wildman–Crippen MR) is 138 cm³/mol. The van der Waals surface area contributed by atoms with E-state index in [1.165, 1.54) is 26.2 Å². The van der Waals surface area contributed by atoms with Crippen LogP contribution in [-0.2, 0) is 9.53 Å². The lowest BCUT2D eigenvalue weighted by atomic mass is 9.75. The van der Waals surface area contributed by atoms with Crippen LogP contribution < -0.4 is 10.6 Å². The van der Waals surface area contributed by atoms with Gasteiger partial charge in [0.15, 0.2) is 0 Å². The van der Waals surface area contributed by atoms with Crippen LogP contribution >= 0.6 is 0 Å². The fraction of sp³-hybridized carbons (Fsp3) is 0.444. The van der Waals surface area contributed by atoms with Gasteiger partial charge in [0, 0.05) is 31.0 Å². The number of fused-ring (bicyclic) bond motifs is 1. The zero-order valence-electron chi connectivity index (χ0n) is 21.8. The number of carbonyl (C=O) groups is 2. The smallest absolute Gasteiger partial charge is 0.305 e. The van der Waals surface area contributed by atoms with Gasteiger partial charge in [0.25, 0.3) is 5.91 Å². The Bertz CT molecular complexity index is 1400. The van der Waals surface area contributed by atoms with Crippen LogP contribution in [0.4, 0.5) is 10.1 Å². The molecule has 38 heavy (non-hydrogen) atoms. The molecule has 3 N–H and O–H groups in total. The predicted octanol–water partition coefficient (Wildman–Crippen LogP) is 3.39. The lowest BCUT2D eigenvalue weighted by Crippen LogP contribution is -2.52. The summed E-state index contributed by atoms with van der Waals surface area (Å²) in [5, 5.41) is 29.3. The van der Waals surface area contributed by atoms with E-state index in [4.69, 9.17) is 10.00 Å². The Morgan fingerprint density at radius 3 is 2.74 bits per heavy atom. The number of hydrogen-bond donors (Lipinski definition) is 3. The molecule has 0 radical (unpaired) electrons. The summed E-state index contributed by atoms with van der Waals surface area (Å²) in [6.45, 7) is 6.01. The average molecular weight is 523 g/mol. The standard InChI is InChI=1S/C27H31FN6O4/c1-5-24(35)38-18-10-27(4,11-18)33-20-9-21(22-7-6-17-8-16(12-29)13-32-34(17)22)30-14-19(20)25(36)31-15-23(28)26(2,3)37/h6-9,13-14,18,23,37H,5,10-11,15H2,1-4H3,(H,30,33)(H,31,36)/t18?,23-,27?/m1/s1. The molecule has 3 heterocycles. The molecule has 1 atom stereocenters. The zero-order valence-corrected chi connectivity index (χ0v) is 21.8. The number of aromatic nitrogens is 3. The second-order valence-corrected chi connectivity index (χ2v) is 10.4. The quantitative estimate of drug-likeness (QED) is 0.363. The summed E-state index contributed by atoms with van der Waals surface area (Å²) in [7, 11) is 0. The maximum atomic E-state index is 14.3. The Morgan fingerprint density at radius 2 is 2.08 bits per heavy atom. The van der Waals surface area contributed by atoms with E-state index in [1.807, 2.05) is 19.1 Å². The largest absolute Gasteiger partial charge is 0.462 e. The highest BCUT2D eigenvalue weighted by Gasteiger charge is 2.43. The average Bonchev–Trinajstić information content (AvgIpc) is 3.28. The molecule has 1 saturated carbocycles. The van der Waals surface area contributed by atoms with Crippen LogP contribution in [0.1, 0.15) is 62.9 Å². The number of nitrogens with one attached hydrogen (secondary N) is 2. The number of carbonyl (C=O) groups excluding carboxylic acids is 2. The number of ether oxygens (including phenoxy) is 1. The van der Waals surface area contributed by atoms with Crippen molar-refractivity contribution in [1.29, 1.82) is 5.26 Å². The van der Waals surface area contributed by atoms with Gasteiger partial charge in [-0.2, -0.15) is 10.4 Å². The highest BCUT2D eigenvalue weighted by molar-refractivity contribution is 6.00. The van der Waals surface area contributed by atoms with E-state index in [0.29, 0.717) is 47.4 Å². The lowest BCUT2D eigenvalue weighted by Gasteiger charge is -2.45. The summed E-state index contributed by atoms with van der Waals surface area (Å²) >= 11 is 0. The van der Waals surface area contributed by atoms with E-state index >= 15 is 0 Å². The second-order valence-electron chi connectivity index (χ2n) is 10.4. The number of nitrogens with zero attached hydrogens (tertiary/aromatic N) is 4. The number of nitriles is 1. The van der Waals surface area contributed by atoms with Gasteiger partial charge < -0.3 is 20.5 Å². The fourth-order valence-corrected chi connectivity index (χ4v) is 4.39. The van der Waals surface area contributed by atoms with Gasteiger partial charge in [-0.25, -0.2) is 8.91 Å². The van der Waals surface area contributed by atoms with Gasteiger partial charge in [-0.05, 0) is 45.0 Å². The first-order valence-corrected chi connectivity index (χ1v) is 12.4. The number of halogens is 1. The van der Waals surface area contributed by atoms with Crippen molar-refractivity contribution < 1.29 is 23.8 Å². The maximum absolute atomic E-state index is 14.3. The molecule has 0 bridgehead atoms. The first-order chi connectivity index (χ1) is 17.9. The van der Waals surface area contributed by atoms with Crippen molar-refractivity contribution in [3.8, 4) is 17.5 Å². The molecule has 1 fully saturated rings. The summed E-state index contributed by atoms with van der Waals surface area (Å²) in [5.41, 5.74) is 0.933. The van der Waals surface area contributed by atoms with Crippen molar-refractivity contribution in [2.45, 2.75) is 70.4 Å². The van der Waals surface area contributed by atoms with Crippen LogP contribution in [0.25, 0.3) is 16.9 Å². The Balaban J connectivity index is 1.63. The third-order valence-corrected chi connectivity index (χ3v) is 6.63. The highest BCUT2D eigenvalue weighted by Crippen LogP contribution is 2.39. The van der Waals surface area contributed by atoms with Crippen LogP contribution in [0, 0.1) is 11.3 Å². The number of rotatable bonds is 9. The number of amides is 1. The van der Waals surface area contributed by atoms with Gasteiger partial charge >= 0.3 is 5.97 Å². The Morgan fingerprint density at radius 1 is 1.34 bits per heavy atom. The summed E-state index contributed by atoms with van der Waals surface area (Å²) in [6, 6.07) is 9.12. The van der Waals surface area contributed by atoms with Gasteiger partial charge in [0.05, 0.1) is 52.1 Å². The first-order valence-electron chi connectivity index (χ1n) is 12.4. The number of alkyl halides is 1. The minimum atomic E-state index is -1.66. The van der Waals surface area contributed by atoms with Crippen molar-refractivity contribution in [1.82, 2.24) is 19.9 Å². The summed E-state index contributed by atoms with van der Waals surface area (Å²) in [4.78, 5) is 29.2. The summed E-state index contributed by atoms with van der Waals surface area (Å²) in [6.07, 6.45) is 2.39. The first kappa shape index (κ1) is 27.0. The molecule has 10 nitrogen and oxygen atoms in total. The minimum absolute atomic E-state index is 0.201. The van der Waals surface area contributed by atoms with Crippen LogP contribution in [-0.4, -0.2) is 61.5 Å². The molecule has 4 rings (SSSR count). The third-order valence-electron chi connectivity index (χ3n) is 6.63. The third kappa shape index (κ3) is 5.75. The number of pyridine rings is 1. The molecule has 1 amide bonds. The minimum Gasteiger partial charge on any atom is -0.462 e. The van der Waals surface area contributed by atoms with E-state index in [0.717, 1.165) is 0 Å². The summed E-state index contributed by atoms with van der Waals surface area (Å²) in [5.74, 6) is -0.810. The fourth-order valence-electron chi connectivity index (χ4n) is 4.39. The van der Waals surface area contributed by atoms with E-state index in [9.17, 15) is 19.1 Å². The molecule has 3 aromatic rings. The van der Waals surface area contributed by atoms with Gasteiger partial charge in [-0.3, -0.25) is 14.6 Å². The number of hydrogen-bond acceptors (Lipinski definition) is 8. The molecule has 1 aliphatic carbocycles. The normalized spacial score (nSPS) is 19.8. The molecule has 200 valence electrons. The van der Waals surface area contributed by atoms with Crippen LogP contribution in [0.15, 0.2) is 36.7 Å². The van der Waals surface area contributed by atoms with Crippen LogP contribution in [0.3, 0.4) is 0 Å². The van der Waals surface area contributed by atoms with E-state index in [-0.39, 0.29) is 24.2 Å². The van der Waals surface area contributed by atoms with Crippen molar-refractivity contribution in [2.24, 2.45) is 0 Å².